The number of aromatic carboxylic acids is 1. The molecule has 1 aliphatic rings. The zero-order valence-electron chi connectivity index (χ0n) is 9.28. The number of hydrogen-bond acceptors (Lipinski definition) is 3. The third-order valence-electron chi connectivity index (χ3n) is 2.83. The van der Waals surface area contributed by atoms with Crippen molar-refractivity contribution >= 4 is 5.97 Å². The highest BCUT2D eigenvalue weighted by Gasteiger charge is 2.30. The van der Waals surface area contributed by atoms with Gasteiger partial charge in [-0.2, -0.15) is 0 Å². The summed E-state index contributed by atoms with van der Waals surface area (Å²) in [5.41, 5.74) is 0.277. The monoisotopic (exact) mass is 222 g/mol. The van der Waals surface area contributed by atoms with Gasteiger partial charge in [-0.1, -0.05) is 0 Å². The molecule has 2 N–H and O–H groups in total. The van der Waals surface area contributed by atoms with Crippen LogP contribution in [0.5, 0.6) is 11.5 Å². The topological polar surface area (TPSA) is 66.8 Å². The molecule has 1 aliphatic heterocycles. The first-order chi connectivity index (χ1) is 7.41. The van der Waals surface area contributed by atoms with Crippen LogP contribution in [0.4, 0.5) is 0 Å². The molecule has 0 bridgehead atoms. The first-order valence-electron chi connectivity index (χ1n) is 5.18. The number of benzene rings is 1. The van der Waals surface area contributed by atoms with Gasteiger partial charge in [0.05, 0.1) is 0 Å². The van der Waals surface area contributed by atoms with Gasteiger partial charge < -0.3 is 14.9 Å². The van der Waals surface area contributed by atoms with Crippen LogP contribution in [0.15, 0.2) is 12.1 Å². The zero-order chi connectivity index (χ0) is 11.9. The van der Waals surface area contributed by atoms with Crippen LogP contribution >= 0.6 is 0 Å². The molecule has 16 heavy (non-hydrogen) atoms. The standard InChI is InChI=1S/C12H14O4/c1-12(2)6-5-7-9(16-12)4-3-8(13)10(7)11(14)15/h3-4,13H,5-6H2,1-2H3,(H,14,15). The fourth-order valence-corrected chi connectivity index (χ4v) is 1.97. The molecule has 4 nitrogen and oxygen atoms in total. The molecule has 0 saturated heterocycles. The van der Waals surface area contributed by atoms with Crippen molar-refractivity contribution in [3.8, 4) is 11.5 Å². The van der Waals surface area contributed by atoms with Crippen molar-refractivity contribution < 1.29 is 19.7 Å². The van der Waals surface area contributed by atoms with E-state index in [0.717, 1.165) is 6.42 Å². The van der Waals surface area contributed by atoms with Crippen LogP contribution in [0.25, 0.3) is 0 Å². The first kappa shape index (κ1) is 10.8. The lowest BCUT2D eigenvalue weighted by atomic mass is 9.91. The highest BCUT2D eigenvalue weighted by atomic mass is 16.5. The molecule has 0 unspecified atom stereocenters. The summed E-state index contributed by atoms with van der Waals surface area (Å²) in [6.45, 7) is 3.92. The number of phenols is 1. The van der Waals surface area contributed by atoms with Gasteiger partial charge >= 0.3 is 5.97 Å². The second-order valence-corrected chi connectivity index (χ2v) is 4.60. The minimum Gasteiger partial charge on any atom is -0.507 e. The summed E-state index contributed by atoms with van der Waals surface area (Å²) in [4.78, 5) is 11.0. The third-order valence-corrected chi connectivity index (χ3v) is 2.83. The number of rotatable bonds is 1. The van der Waals surface area contributed by atoms with Gasteiger partial charge in [0.15, 0.2) is 0 Å². The van der Waals surface area contributed by atoms with Gasteiger partial charge in [0.2, 0.25) is 0 Å². The highest BCUT2D eigenvalue weighted by molar-refractivity contribution is 5.93. The highest BCUT2D eigenvalue weighted by Crippen LogP contribution is 2.38. The van der Waals surface area contributed by atoms with Crippen molar-refractivity contribution in [3.05, 3.63) is 23.3 Å². The molecule has 0 radical (unpaired) electrons. The zero-order valence-corrected chi connectivity index (χ0v) is 9.28. The second-order valence-electron chi connectivity index (χ2n) is 4.60. The van der Waals surface area contributed by atoms with Crippen LogP contribution < -0.4 is 4.74 Å². The number of hydrogen-bond donors (Lipinski definition) is 2. The summed E-state index contributed by atoms with van der Waals surface area (Å²) in [5, 5.41) is 18.6. The predicted molar refractivity (Wildman–Crippen MR) is 58.1 cm³/mol. The van der Waals surface area contributed by atoms with E-state index in [2.05, 4.69) is 0 Å². The average molecular weight is 222 g/mol. The maximum Gasteiger partial charge on any atom is 0.339 e. The van der Waals surface area contributed by atoms with E-state index in [1.54, 1.807) is 6.07 Å². The van der Waals surface area contributed by atoms with Crippen molar-refractivity contribution in [2.75, 3.05) is 0 Å². The summed E-state index contributed by atoms with van der Waals surface area (Å²) in [6.07, 6.45) is 1.35. The maximum atomic E-state index is 11.0. The molecule has 0 aromatic heterocycles. The van der Waals surface area contributed by atoms with Gasteiger partial charge in [-0.3, -0.25) is 0 Å². The van der Waals surface area contributed by atoms with Crippen LogP contribution in [0, 0.1) is 0 Å². The maximum absolute atomic E-state index is 11.0. The Kier molecular flexibility index (Phi) is 2.30. The molecule has 1 heterocycles. The second kappa shape index (κ2) is 3.40. The van der Waals surface area contributed by atoms with E-state index in [4.69, 9.17) is 9.84 Å². The number of aromatic hydroxyl groups is 1. The molecule has 0 spiro atoms. The lowest BCUT2D eigenvalue weighted by molar-refractivity contribution is 0.0669. The molecule has 2 rings (SSSR count). The molecular formula is C12H14O4. The summed E-state index contributed by atoms with van der Waals surface area (Å²) in [5.74, 6) is -0.751. The minimum atomic E-state index is -1.11. The van der Waals surface area contributed by atoms with Crippen molar-refractivity contribution in [1.29, 1.82) is 0 Å². The fourth-order valence-electron chi connectivity index (χ4n) is 1.97. The van der Waals surface area contributed by atoms with E-state index in [1.165, 1.54) is 6.07 Å². The smallest absolute Gasteiger partial charge is 0.339 e. The van der Waals surface area contributed by atoms with E-state index in [-0.39, 0.29) is 16.9 Å². The van der Waals surface area contributed by atoms with Gasteiger partial charge in [-0.05, 0) is 38.8 Å². The summed E-state index contributed by atoms with van der Waals surface area (Å²) >= 11 is 0. The molecule has 0 saturated carbocycles. The molecule has 0 amide bonds. The van der Waals surface area contributed by atoms with Gasteiger partial charge in [0.1, 0.15) is 22.7 Å². The summed E-state index contributed by atoms with van der Waals surface area (Å²) in [6, 6.07) is 2.99. The van der Waals surface area contributed by atoms with Gasteiger partial charge in [0.25, 0.3) is 0 Å². The van der Waals surface area contributed by atoms with E-state index < -0.39 is 5.97 Å². The lowest BCUT2D eigenvalue weighted by Crippen LogP contribution is -2.33. The molecule has 4 heteroatoms. The van der Waals surface area contributed by atoms with Gasteiger partial charge in [-0.25, -0.2) is 4.79 Å². The van der Waals surface area contributed by atoms with Crippen molar-refractivity contribution in [2.24, 2.45) is 0 Å². The number of fused-ring (bicyclic) bond motifs is 1. The van der Waals surface area contributed by atoms with E-state index in [1.807, 2.05) is 13.8 Å². The molecule has 1 aromatic carbocycles. The van der Waals surface area contributed by atoms with Crippen LogP contribution in [0.1, 0.15) is 36.2 Å². The summed E-state index contributed by atoms with van der Waals surface area (Å²) in [7, 11) is 0. The Morgan fingerprint density at radius 3 is 2.75 bits per heavy atom. The Morgan fingerprint density at radius 2 is 2.12 bits per heavy atom. The molecular weight excluding hydrogens is 208 g/mol. The Bertz CT molecular complexity index is 449. The fraction of sp³-hybridized carbons (Fsp3) is 0.417. The molecule has 1 aromatic rings. The molecule has 0 aliphatic carbocycles. The largest absolute Gasteiger partial charge is 0.507 e. The van der Waals surface area contributed by atoms with Crippen molar-refractivity contribution in [1.82, 2.24) is 0 Å². The number of ether oxygens (including phenoxy) is 1. The van der Waals surface area contributed by atoms with Gasteiger partial charge in [0, 0.05) is 5.56 Å². The quantitative estimate of drug-likeness (QED) is 0.764. The summed E-state index contributed by atoms with van der Waals surface area (Å²) < 4.78 is 5.69. The molecule has 86 valence electrons. The van der Waals surface area contributed by atoms with Crippen LogP contribution in [0.3, 0.4) is 0 Å². The Labute approximate surface area is 93.5 Å². The predicted octanol–water partition coefficient (Wildman–Crippen LogP) is 2.19. The van der Waals surface area contributed by atoms with Crippen LogP contribution in [-0.2, 0) is 6.42 Å². The first-order valence-corrected chi connectivity index (χ1v) is 5.18. The van der Waals surface area contributed by atoms with E-state index >= 15 is 0 Å². The lowest BCUT2D eigenvalue weighted by Gasteiger charge is -2.33. The number of carboxylic acids is 1. The Hall–Kier alpha value is -1.71. The van der Waals surface area contributed by atoms with Crippen molar-refractivity contribution in [2.45, 2.75) is 32.3 Å². The normalized spacial score (nSPS) is 17.4. The van der Waals surface area contributed by atoms with Crippen LogP contribution in [0.2, 0.25) is 0 Å². The Balaban J connectivity index is 2.55. The van der Waals surface area contributed by atoms with Crippen molar-refractivity contribution in [3.63, 3.8) is 0 Å². The van der Waals surface area contributed by atoms with E-state index in [0.29, 0.717) is 17.7 Å². The van der Waals surface area contributed by atoms with E-state index in [9.17, 15) is 9.90 Å². The Morgan fingerprint density at radius 1 is 1.44 bits per heavy atom. The van der Waals surface area contributed by atoms with Gasteiger partial charge in [-0.15, -0.1) is 0 Å². The number of carboxylic acid groups (broad SMARTS) is 1. The number of carbonyl (C=O) groups is 1. The third kappa shape index (κ3) is 1.71. The minimum absolute atomic E-state index is 0.0343. The average Bonchev–Trinajstić information content (AvgIpc) is 2.16. The SMILES string of the molecule is CC1(C)CCc2c(ccc(O)c2C(=O)O)O1. The van der Waals surface area contributed by atoms with Crippen LogP contribution in [-0.4, -0.2) is 21.8 Å². The molecule has 0 fully saturated rings. The molecule has 0 atom stereocenters.